The SMILES string of the molecule is OCCC(O)OCCC1CCCCC1. The Balaban J connectivity index is 1.96. The van der Waals surface area contributed by atoms with Crippen molar-refractivity contribution in [3.63, 3.8) is 0 Å². The van der Waals surface area contributed by atoms with Crippen molar-refractivity contribution in [1.29, 1.82) is 0 Å². The Bertz CT molecular complexity index is 132. The molecule has 0 radical (unpaired) electrons. The van der Waals surface area contributed by atoms with Gasteiger partial charge < -0.3 is 14.9 Å². The molecule has 1 saturated carbocycles. The molecule has 0 aromatic heterocycles. The molecule has 0 saturated heterocycles. The van der Waals surface area contributed by atoms with Gasteiger partial charge in [-0.25, -0.2) is 0 Å². The third kappa shape index (κ3) is 4.94. The molecule has 1 aliphatic rings. The van der Waals surface area contributed by atoms with Crippen LogP contribution >= 0.6 is 0 Å². The smallest absolute Gasteiger partial charge is 0.156 e. The molecule has 1 fully saturated rings. The number of hydrogen-bond acceptors (Lipinski definition) is 3. The molecule has 1 rings (SSSR count). The van der Waals surface area contributed by atoms with Crippen molar-refractivity contribution < 1.29 is 14.9 Å². The second-order valence-corrected chi connectivity index (χ2v) is 4.13. The van der Waals surface area contributed by atoms with E-state index in [1.165, 1.54) is 32.1 Å². The summed E-state index contributed by atoms with van der Waals surface area (Å²) in [6, 6.07) is 0. The second kappa shape index (κ2) is 7.21. The van der Waals surface area contributed by atoms with Gasteiger partial charge in [-0.3, -0.25) is 0 Å². The summed E-state index contributed by atoms with van der Waals surface area (Å²) in [7, 11) is 0. The van der Waals surface area contributed by atoms with Gasteiger partial charge in [0.25, 0.3) is 0 Å². The fourth-order valence-electron chi connectivity index (χ4n) is 2.04. The first-order valence-corrected chi connectivity index (χ1v) is 5.73. The Kier molecular flexibility index (Phi) is 6.15. The highest BCUT2D eigenvalue weighted by Crippen LogP contribution is 2.26. The van der Waals surface area contributed by atoms with Crippen LogP contribution in [0.3, 0.4) is 0 Å². The van der Waals surface area contributed by atoms with Crippen molar-refractivity contribution >= 4 is 0 Å². The first-order chi connectivity index (χ1) is 6.83. The van der Waals surface area contributed by atoms with Gasteiger partial charge in [0.1, 0.15) is 0 Å². The van der Waals surface area contributed by atoms with Crippen molar-refractivity contribution in [2.24, 2.45) is 5.92 Å². The van der Waals surface area contributed by atoms with Crippen LogP contribution < -0.4 is 0 Å². The van der Waals surface area contributed by atoms with Crippen molar-refractivity contribution in [3.05, 3.63) is 0 Å². The molecule has 84 valence electrons. The van der Waals surface area contributed by atoms with E-state index in [1.807, 2.05) is 0 Å². The Labute approximate surface area is 86.1 Å². The summed E-state index contributed by atoms with van der Waals surface area (Å²) in [5, 5.41) is 17.7. The predicted molar refractivity (Wildman–Crippen MR) is 54.9 cm³/mol. The lowest BCUT2D eigenvalue weighted by Crippen LogP contribution is -2.17. The van der Waals surface area contributed by atoms with Crippen LogP contribution in [0.1, 0.15) is 44.9 Å². The summed E-state index contributed by atoms with van der Waals surface area (Å²) in [4.78, 5) is 0. The minimum absolute atomic E-state index is 0.00933. The van der Waals surface area contributed by atoms with Crippen LogP contribution in [0.4, 0.5) is 0 Å². The standard InChI is InChI=1S/C11H22O3/c12-8-6-11(13)14-9-7-10-4-2-1-3-5-10/h10-13H,1-9H2. The zero-order valence-corrected chi connectivity index (χ0v) is 8.82. The van der Waals surface area contributed by atoms with Gasteiger partial charge in [-0.15, -0.1) is 0 Å². The highest BCUT2D eigenvalue weighted by atomic mass is 16.6. The molecule has 1 aliphatic carbocycles. The van der Waals surface area contributed by atoms with E-state index in [9.17, 15) is 5.11 Å². The van der Waals surface area contributed by atoms with Gasteiger partial charge in [0.2, 0.25) is 0 Å². The van der Waals surface area contributed by atoms with E-state index in [0.29, 0.717) is 13.0 Å². The van der Waals surface area contributed by atoms with E-state index in [1.54, 1.807) is 0 Å². The fourth-order valence-corrected chi connectivity index (χ4v) is 2.04. The zero-order valence-electron chi connectivity index (χ0n) is 8.82. The molecule has 3 nitrogen and oxygen atoms in total. The maximum Gasteiger partial charge on any atom is 0.156 e. The average Bonchev–Trinajstić information content (AvgIpc) is 2.20. The molecule has 1 atom stereocenters. The molecule has 1 unspecified atom stereocenters. The van der Waals surface area contributed by atoms with Crippen LogP contribution in [0.15, 0.2) is 0 Å². The summed E-state index contributed by atoms with van der Waals surface area (Å²) in [6.45, 7) is 0.621. The Morgan fingerprint density at radius 1 is 1.21 bits per heavy atom. The Morgan fingerprint density at radius 2 is 1.93 bits per heavy atom. The molecular formula is C11H22O3. The summed E-state index contributed by atoms with van der Waals surface area (Å²) >= 11 is 0. The molecule has 0 bridgehead atoms. The van der Waals surface area contributed by atoms with E-state index < -0.39 is 6.29 Å². The molecule has 0 aliphatic heterocycles. The van der Waals surface area contributed by atoms with Crippen molar-refractivity contribution in [2.75, 3.05) is 13.2 Å². The van der Waals surface area contributed by atoms with Crippen LogP contribution in [0.5, 0.6) is 0 Å². The topological polar surface area (TPSA) is 49.7 Å². The first-order valence-electron chi connectivity index (χ1n) is 5.73. The van der Waals surface area contributed by atoms with E-state index in [4.69, 9.17) is 9.84 Å². The van der Waals surface area contributed by atoms with Gasteiger partial charge >= 0.3 is 0 Å². The summed E-state index contributed by atoms with van der Waals surface area (Å²) in [5.41, 5.74) is 0. The normalized spacial score (nSPS) is 21.0. The Hall–Kier alpha value is -0.120. The van der Waals surface area contributed by atoms with E-state index in [2.05, 4.69) is 0 Å². The van der Waals surface area contributed by atoms with Crippen LogP contribution in [0.2, 0.25) is 0 Å². The van der Waals surface area contributed by atoms with Crippen molar-refractivity contribution in [3.8, 4) is 0 Å². The third-order valence-electron chi connectivity index (χ3n) is 2.94. The molecule has 0 amide bonds. The van der Waals surface area contributed by atoms with Crippen LogP contribution in [-0.2, 0) is 4.74 Å². The van der Waals surface area contributed by atoms with Crippen molar-refractivity contribution in [1.82, 2.24) is 0 Å². The van der Waals surface area contributed by atoms with Crippen molar-refractivity contribution in [2.45, 2.75) is 51.2 Å². The molecule has 14 heavy (non-hydrogen) atoms. The second-order valence-electron chi connectivity index (χ2n) is 4.13. The summed E-state index contributed by atoms with van der Waals surface area (Å²) < 4.78 is 5.18. The molecular weight excluding hydrogens is 180 g/mol. The van der Waals surface area contributed by atoms with Gasteiger partial charge in [-0.1, -0.05) is 32.1 Å². The fraction of sp³-hybridized carbons (Fsp3) is 1.00. The van der Waals surface area contributed by atoms with Crippen LogP contribution in [0.25, 0.3) is 0 Å². The predicted octanol–water partition coefficient (Wildman–Crippen LogP) is 1.67. The highest BCUT2D eigenvalue weighted by molar-refractivity contribution is 4.65. The lowest BCUT2D eigenvalue weighted by molar-refractivity contribution is -0.112. The lowest BCUT2D eigenvalue weighted by Gasteiger charge is -2.21. The quantitative estimate of drug-likeness (QED) is 0.644. The molecule has 0 spiro atoms. The monoisotopic (exact) mass is 202 g/mol. The first kappa shape index (κ1) is 12.0. The molecule has 3 heteroatoms. The number of aliphatic hydroxyl groups is 2. The number of rotatable bonds is 6. The average molecular weight is 202 g/mol. The van der Waals surface area contributed by atoms with Gasteiger partial charge in [-0.2, -0.15) is 0 Å². The van der Waals surface area contributed by atoms with Gasteiger partial charge in [-0.05, 0) is 12.3 Å². The maximum absolute atomic E-state index is 9.20. The van der Waals surface area contributed by atoms with Gasteiger partial charge in [0, 0.05) is 19.6 Å². The Morgan fingerprint density at radius 3 is 2.57 bits per heavy atom. The lowest BCUT2D eigenvalue weighted by atomic mass is 9.87. The molecule has 0 heterocycles. The minimum atomic E-state index is -0.774. The third-order valence-corrected chi connectivity index (χ3v) is 2.94. The highest BCUT2D eigenvalue weighted by Gasteiger charge is 2.13. The van der Waals surface area contributed by atoms with Gasteiger partial charge in [0.15, 0.2) is 6.29 Å². The van der Waals surface area contributed by atoms with E-state index in [0.717, 1.165) is 12.3 Å². The number of hydrogen-bond donors (Lipinski definition) is 2. The number of ether oxygens (including phenoxy) is 1. The van der Waals surface area contributed by atoms with E-state index >= 15 is 0 Å². The number of aliphatic hydroxyl groups excluding tert-OH is 2. The zero-order chi connectivity index (χ0) is 10.2. The minimum Gasteiger partial charge on any atom is -0.396 e. The summed E-state index contributed by atoms with van der Waals surface area (Å²) in [6.07, 6.45) is 7.33. The molecule has 0 aromatic rings. The largest absolute Gasteiger partial charge is 0.396 e. The molecule has 2 N–H and O–H groups in total. The van der Waals surface area contributed by atoms with E-state index in [-0.39, 0.29) is 6.61 Å². The van der Waals surface area contributed by atoms with Crippen LogP contribution in [0, 0.1) is 5.92 Å². The molecule has 0 aromatic carbocycles. The summed E-state index contributed by atoms with van der Waals surface area (Å²) in [5.74, 6) is 0.796. The van der Waals surface area contributed by atoms with Gasteiger partial charge in [0.05, 0.1) is 0 Å². The maximum atomic E-state index is 9.20. The van der Waals surface area contributed by atoms with Crippen LogP contribution in [-0.4, -0.2) is 29.7 Å².